The first-order valence-electron chi connectivity index (χ1n) is 8.67. The molecule has 2 bridgehead atoms. The van der Waals surface area contributed by atoms with E-state index in [9.17, 15) is 13.2 Å². The summed E-state index contributed by atoms with van der Waals surface area (Å²) in [5.74, 6) is 0.179. The zero-order valence-corrected chi connectivity index (χ0v) is 16.0. The van der Waals surface area contributed by atoms with Crippen LogP contribution in [0.1, 0.15) is 38.7 Å². The summed E-state index contributed by atoms with van der Waals surface area (Å²) in [6.45, 7) is 4.36. The predicted octanol–water partition coefficient (Wildman–Crippen LogP) is 3.72. The van der Waals surface area contributed by atoms with Crippen LogP contribution < -0.4 is 0 Å². The van der Waals surface area contributed by atoms with Crippen LogP contribution in [-0.2, 0) is 14.8 Å². The summed E-state index contributed by atoms with van der Waals surface area (Å²) in [5, 5.41) is 0.622. The summed E-state index contributed by atoms with van der Waals surface area (Å²) in [4.78, 5) is 12.8. The Labute approximate surface area is 153 Å². The second kappa shape index (κ2) is 5.34. The first-order chi connectivity index (χ1) is 11.7. The summed E-state index contributed by atoms with van der Waals surface area (Å²) < 4.78 is 26.8. The molecule has 0 aromatic heterocycles. The lowest BCUT2D eigenvalue weighted by Gasteiger charge is -2.36. The number of amides is 1. The van der Waals surface area contributed by atoms with Crippen molar-refractivity contribution in [2.24, 2.45) is 16.7 Å². The van der Waals surface area contributed by atoms with Gasteiger partial charge in [-0.05, 0) is 54.4 Å². The quantitative estimate of drug-likeness (QED) is 0.736. The van der Waals surface area contributed by atoms with Gasteiger partial charge in [-0.2, -0.15) is 0 Å². The number of rotatable bonds is 2. The monoisotopic (exact) mass is 379 g/mol. The van der Waals surface area contributed by atoms with Gasteiger partial charge in [-0.3, -0.25) is 4.79 Å². The van der Waals surface area contributed by atoms with Crippen LogP contribution in [0.2, 0.25) is 5.02 Å². The van der Waals surface area contributed by atoms with Gasteiger partial charge >= 0.3 is 0 Å². The van der Waals surface area contributed by atoms with E-state index in [1.807, 2.05) is 0 Å². The molecule has 1 amide bonds. The van der Waals surface area contributed by atoms with Crippen LogP contribution in [0.3, 0.4) is 0 Å². The lowest BCUT2D eigenvalue weighted by molar-refractivity contribution is -0.123. The number of halogens is 1. The minimum Gasteiger partial charge on any atom is -0.269 e. The molecule has 25 heavy (non-hydrogen) atoms. The molecule has 1 aliphatic heterocycles. The van der Waals surface area contributed by atoms with Crippen molar-refractivity contribution in [3.63, 3.8) is 0 Å². The Kier molecular flexibility index (Phi) is 3.65. The highest BCUT2D eigenvalue weighted by Crippen LogP contribution is 2.69. The maximum absolute atomic E-state index is 12.8. The fourth-order valence-corrected chi connectivity index (χ4v) is 8.03. The van der Waals surface area contributed by atoms with Gasteiger partial charge < -0.3 is 0 Å². The largest absolute Gasteiger partial charge is 0.269 e. The number of sulfonamides is 1. The molecule has 3 fully saturated rings. The van der Waals surface area contributed by atoms with Gasteiger partial charge in [0.15, 0.2) is 0 Å². The number of carbonyl (C=O) groups is 1. The zero-order valence-electron chi connectivity index (χ0n) is 14.4. The highest BCUT2D eigenvalue weighted by molar-refractivity contribution is 7.90. The third-order valence-electron chi connectivity index (χ3n) is 6.92. The Balaban J connectivity index is 1.64. The Morgan fingerprint density at radius 1 is 1.28 bits per heavy atom. The van der Waals surface area contributed by atoms with E-state index >= 15 is 0 Å². The van der Waals surface area contributed by atoms with Crippen LogP contribution in [0.5, 0.6) is 0 Å². The van der Waals surface area contributed by atoms with Crippen molar-refractivity contribution >= 4 is 33.6 Å². The third kappa shape index (κ3) is 2.32. The van der Waals surface area contributed by atoms with Crippen LogP contribution in [0.25, 0.3) is 6.08 Å². The van der Waals surface area contributed by atoms with Crippen molar-refractivity contribution in [1.29, 1.82) is 0 Å². The molecule has 3 atom stereocenters. The van der Waals surface area contributed by atoms with E-state index in [4.69, 9.17) is 11.6 Å². The first kappa shape index (κ1) is 17.1. The smallest absolute Gasteiger partial charge is 0.260 e. The van der Waals surface area contributed by atoms with Crippen LogP contribution in [0, 0.1) is 16.7 Å². The molecular weight excluding hydrogens is 358 g/mol. The standard InChI is InChI=1S/C19H22ClNO3S/c1-18(2)14-9-10-19(18)12-25(23,24)21(16(19)11-14)17(22)8-5-13-3-6-15(20)7-4-13/h3-8,14,16H,9-12H2,1-2H3/b8-5+. The Morgan fingerprint density at radius 3 is 2.60 bits per heavy atom. The van der Waals surface area contributed by atoms with E-state index < -0.39 is 15.9 Å². The molecule has 1 saturated heterocycles. The van der Waals surface area contributed by atoms with Gasteiger partial charge in [-0.15, -0.1) is 0 Å². The van der Waals surface area contributed by atoms with Crippen LogP contribution in [0.15, 0.2) is 30.3 Å². The van der Waals surface area contributed by atoms with Crippen molar-refractivity contribution in [2.75, 3.05) is 5.75 Å². The summed E-state index contributed by atoms with van der Waals surface area (Å²) in [6.07, 6.45) is 5.80. The van der Waals surface area contributed by atoms with Gasteiger partial charge in [0.1, 0.15) is 0 Å². The molecule has 1 heterocycles. The second-order valence-corrected chi connectivity index (χ2v) is 10.4. The Hall–Kier alpha value is -1.33. The molecule has 3 aliphatic rings. The van der Waals surface area contributed by atoms with Gasteiger partial charge in [0.05, 0.1) is 11.8 Å². The number of benzene rings is 1. The molecule has 4 rings (SSSR count). The van der Waals surface area contributed by atoms with E-state index in [0.717, 1.165) is 24.8 Å². The number of hydrogen-bond donors (Lipinski definition) is 0. The molecule has 3 unspecified atom stereocenters. The first-order valence-corrected chi connectivity index (χ1v) is 10.7. The number of hydrogen-bond acceptors (Lipinski definition) is 3. The average Bonchev–Trinajstić information content (AvgIpc) is 3.01. The highest BCUT2D eigenvalue weighted by Gasteiger charge is 2.72. The Morgan fingerprint density at radius 2 is 1.96 bits per heavy atom. The van der Waals surface area contributed by atoms with Gasteiger partial charge in [0.25, 0.3) is 5.91 Å². The molecule has 1 aromatic carbocycles. The van der Waals surface area contributed by atoms with E-state index in [2.05, 4.69) is 13.8 Å². The molecule has 1 spiro atoms. The molecule has 134 valence electrons. The number of carbonyl (C=O) groups excluding carboxylic acids is 1. The van der Waals surface area contributed by atoms with Crippen molar-refractivity contribution < 1.29 is 13.2 Å². The average molecular weight is 380 g/mol. The molecule has 4 nitrogen and oxygen atoms in total. The molecular formula is C19H22ClNO3S. The molecule has 2 aliphatic carbocycles. The fraction of sp³-hybridized carbons (Fsp3) is 0.526. The lowest BCUT2D eigenvalue weighted by Crippen LogP contribution is -2.43. The maximum Gasteiger partial charge on any atom is 0.260 e. The van der Waals surface area contributed by atoms with Crippen LogP contribution in [0.4, 0.5) is 0 Å². The minimum atomic E-state index is -3.56. The Bertz CT molecular complexity index is 859. The van der Waals surface area contributed by atoms with E-state index in [1.165, 1.54) is 10.4 Å². The summed E-state index contributed by atoms with van der Waals surface area (Å²) in [6, 6.07) is 6.89. The predicted molar refractivity (Wildman–Crippen MR) is 98.5 cm³/mol. The van der Waals surface area contributed by atoms with Crippen molar-refractivity contribution in [2.45, 2.75) is 39.2 Å². The van der Waals surface area contributed by atoms with Crippen molar-refractivity contribution in [1.82, 2.24) is 4.31 Å². The maximum atomic E-state index is 12.8. The summed E-state index contributed by atoms with van der Waals surface area (Å²) in [7, 11) is -3.56. The zero-order chi connectivity index (χ0) is 18.0. The van der Waals surface area contributed by atoms with E-state index in [-0.39, 0.29) is 22.6 Å². The van der Waals surface area contributed by atoms with Gasteiger partial charge in [-0.1, -0.05) is 37.6 Å². The molecule has 0 N–H and O–H groups in total. The number of nitrogens with zero attached hydrogens (tertiary/aromatic N) is 1. The van der Waals surface area contributed by atoms with Crippen molar-refractivity contribution in [3.05, 3.63) is 40.9 Å². The molecule has 1 aromatic rings. The summed E-state index contributed by atoms with van der Waals surface area (Å²) in [5.41, 5.74) is 0.511. The molecule has 6 heteroatoms. The topological polar surface area (TPSA) is 54.5 Å². The van der Waals surface area contributed by atoms with Crippen molar-refractivity contribution in [3.8, 4) is 0 Å². The normalized spacial score (nSPS) is 34.6. The van der Waals surface area contributed by atoms with Gasteiger partial charge in [0, 0.05) is 16.5 Å². The molecule has 2 saturated carbocycles. The van der Waals surface area contributed by atoms with Gasteiger partial charge in [-0.25, -0.2) is 12.7 Å². The highest BCUT2D eigenvalue weighted by atomic mass is 35.5. The molecule has 0 radical (unpaired) electrons. The van der Waals surface area contributed by atoms with E-state index in [0.29, 0.717) is 10.9 Å². The minimum absolute atomic E-state index is 0.0281. The summed E-state index contributed by atoms with van der Waals surface area (Å²) >= 11 is 5.86. The van der Waals surface area contributed by atoms with Crippen LogP contribution in [-0.4, -0.2) is 30.4 Å². The number of fused-ring (bicyclic) bond motifs is 1. The SMILES string of the molecule is CC1(C)C2CCC13CS(=O)(=O)N(C(=O)/C=C/c1ccc(Cl)cc1)C3C2. The van der Waals surface area contributed by atoms with Gasteiger partial charge in [0.2, 0.25) is 10.0 Å². The third-order valence-corrected chi connectivity index (χ3v) is 9.08. The van der Waals surface area contributed by atoms with E-state index in [1.54, 1.807) is 30.3 Å². The second-order valence-electron chi connectivity index (χ2n) is 8.14. The lowest BCUT2D eigenvalue weighted by atomic mass is 9.69. The van der Waals surface area contributed by atoms with Crippen LogP contribution >= 0.6 is 11.6 Å². The fourth-order valence-electron chi connectivity index (χ4n) is 5.39.